The summed E-state index contributed by atoms with van der Waals surface area (Å²) in [6.07, 6.45) is 1.11. The van der Waals surface area contributed by atoms with E-state index in [0.717, 1.165) is 6.26 Å². The fraction of sp³-hybridized carbons (Fsp3) is 0.286. The van der Waals surface area contributed by atoms with Crippen molar-refractivity contribution in [1.82, 2.24) is 9.78 Å². The SMILES string of the molecule is Cc1ccc(S(C)(=O)=O)cc1NC(=O)c1nn(CC(C)C)c(=O)c2ccccc12. The Hall–Kier alpha value is -3.00. The van der Waals surface area contributed by atoms with Crippen molar-refractivity contribution in [3.63, 3.8) is 0 Å². The van der Waals surface area contributed by atoms with E-state index in [-0.39, 0.29) is 22.1 Å². The first kappa shape index (κ1) is 20.7. The van der Waals surface area contributed by atoms with E-state index < -0.39 is 15.7 Å². The average molecular weight is 413 g/mol. The molecule has 0 fully saturated rings. The molecule has 0 aliphatic heterocycles. The quantitative estimate of drug-likeness (QED) is 0.693. The fourth-order valence-corrected chi connectivity index (χ4v) is 3.67. The molecule has 29 heavy (non-hydrogen) atoms. The molecule has 8 heteroatoms. The second kappa shape index (κ2) is 7.79. The van der Waals surface area contributed by atoms with Gasteiger partial charge in [0.25, 0.3) is 11.5 Å². The van der Waals surface area contributed by atoms with Gasteiger partial charge in [0.15, 0.2) is 15.5 Å². The lowest BCUT2D eigenvalue weighted by Crippen LogP contribution is -2.29. The Labute approximate surface area is 169 Å². The average Bonchev–Trinajstić information content (AvgIpc) is 2.64. The zero-order valence-electron chi connectivity index (χ0n) is 16.8. The molecule has 1 N–H and O–H groups in total. The summed E-state index contributed by atoms with van der Waals surface area (Å²) in [6, 6.07) is 11.4. The number of fused-ring (bicyclic) bond motifs is 1. The minimum Gasteiger partial charge on any atom is -0.320 e. The lowest BCUT2D eigenvalue weighted by atomic mass is 10.1. The fourth-order valence-electron chi connectivity index (χ4n) is 3.02. The van der Waals surface area contributed by atoms with Crippen LogP contribution < -0.4 is 10.9 Å². The van der Waals surface area contributed by atoms with E-state index in [9.17, 15) is 18.0 Å². The Morgan fingerprint density at radius 2 is 1.79 bits per heavy atom. The highest BCUT2D eigenvalue weighted by molar-refractivity contribution is 7.90. The highest BCUT2D eigenvalue weighted by Crippen LogP contribution is 2.22. The second-order valence-electron chi connectivity index (χ2n) is 7.48. The predicted octanol–water partition coefficient (Wildman–Crippen LogP) is 3.02. The summed E-state index contributed by atoms with van der Waals surface area (Å²) in [5.74, 6) is -0.335. The third-order valence-electron chi connectivity index (χ3n) is 4.51. The maximum Gasteiger partial charge on any atom is 0.276 e. The molecule has 0 aliphatic rings. The van der Waals surface area contributed by atoms with Gasteiger partial charge in [-0.2, -0.15) is 5.10 Å². The molecule has 0 atom stereocenters. The van der Waals surface area contributed by atoms with E-state index in [1.807, 2.05) is 13.8 Å². The van der Waals surface area contributed by atoms with Crippen molar-refractivity contribution in [1.29, 1.82) is 0 Å². The third kappa shape index (κ3) is 4.37. The number of nitrogens with one attached hydrogen (secondary N) is 1. The summed E-state index contributed by atoms with van der Waals surface area (Å²) in [5, 5.41) is 7.92. The Morgan fingerprint density at radius 3 is 2.41 bits per heavy atom. The maximum atomic E-state index is 13.1. The topological polar surface area (TPSA) is 98.1 Å². The summed E-state index contributed by atoms with van der Waals surface area (Å²) in [4.78, 5) is 25.9. The molecule has 3 aromatic rings. The summed E-state index contributed by atoms with van der Waals surface area (Å²) < 4.78 is 25.0. The summed E-state index contributed by atoms with van der Waals surface area (Å²) in [6.45, 7) is 6.08. The number of nitrogens with zero attached hydrogens (tertiary/aromatic N) is 2. The number of rotatable bonds is 5. The van der Waals surface area contributed by atoms with Crippen LogP contribution in [0.15, 0.2) is 52.2 Å². The van der Waals surface area contributed by atoms with Gasteiger partial charge in [0.05, 0.1) is 10.3 Å². The number of sulfone groups is 1. The Morgan fingerprint density at radius 1 is 1.14 bits per heavy atom. The molecule has 1 aromatic heterocycles. The number of hydrogen-bond donors (Lipinski definition) is 1. The monoisotopic (exact) mass is 413 g/mol. The molecule has 152 valence electrons. The van der Waals surface area contributed by atoms with Gasteiger partial charge in [-0.05, 0) is 36.6 Å². The highest BCUT2D eigenvalue weighted by Gasteiger charge is 2.19. The molecule has 2 aromatic carbocycles. The number of amides is 1. The number of aromatic nitrogens is 2. The smallest absolute Gasteiger partial charge is 0.276 e. The number of carbonyl (C=O) groups excluding carboxylic acids is 1. The standard InChI is InChI=1S/C21H23N3O4S/c1-13(2)12-24-21(26)17-8-6-5-7-16(17)19(23-24)20(25)22-18-11-15(29(4,27)28)10-9-14(18)3/h5-11,13H,12H2,1-4H3,(H,22,25). The van der Waals surface area contributed by atoms with E-state index in [1.54, 1.807) is 37.3 Å². The summed E-state index contributed by atoms with van der Waals surface area (Å²) >= 11 is 0. The van der Waals surface area contributed by atoms with E-state index in [0.29, 0.717) is 28.6 Å². The lowest BCUT2D eigenvalue weighted by Gasteiger charge is -2.14. The summed E-state index contributed by atoms with van der Waals surface area (Å²) in [5.41, 5.74) is 0.960. The number of benzene rings is 2. The van der Waals surface area contributed by atoms with Crippen molar-refractivity contribution >= 4 is 32.2 Å². The molecule has 7 nitrogen and oxygen atoms in total. The minimum absolute atomic E-state index is 0.112. The summed E-state index contributed by atoms with van der Waals surface area (Å²) in [7, 11) is -3.42. The first-order valence-electron chi connectivity index (χ1n) is 9.20. The molecule has 0 unspecified atom stereocenters. The zero-order valence-corrected chi connectivity index (χ0v) is 17.6. The van der Waals surface area contributed by atoms with Crippen molar-refractivity contribution in [2.45, 2.75) is 32.2 Å². The minimum atomic E-state index is -3.42. The number of anilines is 1. The normalized spacial score (nSPS) is 11.8. The van der Waals surface area contributed by atoms with Crippen LogP contribution in [0.25, 0.3) is 10.8 Å². The molecular weight excluding hydrogens is 390 g/mol. The van der Waals surface area contributed by atoms with E-state index in [2.05, 4.69) is 10.4 Å². The van der Waals surface area contributed by atoms with Crippen molar-refractivity contribution in [3.8, 4) is 0 Å². The molecule has 0 bridgehead atoms. The molecule has 0 saturated carbocycles. The maximum absolute atomic E-state index is 13.1. The van der Waals surface area contributed by atoms with E-state index in [1.165, 1.54) is 16.8 Å². The largest absolute Gasteiger partial charge is 0.320 e. The number of carbonyl (C=O) groups is 1. The van der Waals surface area contributed by atoms with Crippen LogP contribution in [0.1, 0.15) is 29.9 Å². The Balaban J connectivity index is 2.11. The van der Waals surface area contributed by atoms with Crippen LogP contribution in [-0.2, 0) is 16.4 Å². The molecule has 0 radical (unpaired) electrons. The van der Waals surface area contributed by atoms with Gasteiger partial charge in [-0.25, -0.2) is 13.1 Å². The van der Waals surface area contributed by atoms with Crippen LogP contribution in [0.2, 0.25) is 0 Å². The van der Waals surface area contributed by atoms with E-state index in [4.69, 9.17) is 0 Å². The van der Waals surface area contributed by atoms with Gasteiger partial charge in [-0.1, -0.05) is 38.1 Å². The molecule has 0 saturated heterocycles. The van der Waals surface area contributed by atoms with Gasteiger partial charge < -0.3 is 5.32 Å². The van der Waals surface area contributed by atoms with Crippen LogP contribution in [0, 0.1) is 12.8 Å². The van der Waals surface area contributed by atoms with Crippen LogP contribution in [0.3, 0.4) is 0 Å². The highest BCUT2D eigenvalue weighted by atomic mass is 32.2. The molecule has 1 amide bonds. The Kier molecular flexibility index (Phi) is 5.57. The predicted molar refractivity (Wildman–Crippen MR) is 113 cm³/mol. The molecule has 3 rings (SSSR count). The van der Waals surface area contributed by atoms with Gasteiger partial charge in [0.1, 0.15) is 0 Å². The molecule has 0 spiro atoms. The third-order valence-corrected chi connectivity index (χ3v) is 5.62. The van der Waals surface area contributed by atoms with Crippen LogP contribution in [-0.4, -0.2) is 30.4 Å². The van der Waals surface area contributed by atoms with Gasteiger partial charge in [0.2, 0.25) is 0 Å². The van der Waals surface area contributed by atoms with Crippen molar-refractivity contribution in [2.24, 2.45) is 5.92 Å². The zero-order chi connectivity index (χ0) is 21.3. The van der Waals surface area contributed by atoms with Crippen molar-refractivity contribution in [3.05, 3.63) is 64.1 Å². The van der Waals surface area contributed by atoms with Gasteiger partial charge in [-0.3, -0.25) is 9.59 Å². The first-order valence-corrected chi connectivity index (χ1v) is 11.1. The van der Waals surface area contributed by atoms with Crippen molar-refractivity contribution < 1.29 is 13.2 Å². The number of aryl methyl sites for hydroxylation is 1. The molecular formula is C21H23N3O4S. The Bertz CT molecular complexity index is 1260. The van der Waals surface area contributed by atoms with Crippen LogP contribution in [0.4, 0.5) is 5.69 Å². The van der Waals surface area contributed by atoms with E-state index >= 15 is 0 Å². The van der Waals surface area contributed by atoms with Gasteiger partial charge in [-0.15, -0.1) is 0 Å². The first-order chi connectivity index (χ1) is 13.6. The van der Waals surface area contributed by atoms with Crippen molar-refractivity contribution in [2.75, 3.05) is 11.6 Å². The lowest BCUT2D eigenvalue weighted by molar-refractivity contribution is 0.102. The molecule has 1 heterocycles. The van der Waals surface area contributed by atoms with Crippen LogP contribution in [0.5, 0.6) is 0 Å². The van der Waals surface area contributed by atoms with Gasteiger partial charge in [0, 0.05) is 23.9 Å². The second-order valence-corrected chi connectivity index (χ2v) is 9.49. The number of hydrogen-bond acceptors (Lipinski definition) is 5. The molecule has 0 aliphatic carbocycles. The van der Waals surface area contributed by atoms with Crippen LogP contribution >= 0.6 is 0 Å². The van der Waals surface area contributed by atoms with Gasteiger partial charge >= 0.3 is 0 Å².